The van der Waals surface area contributed by atoms with Crippen molar-refractivity contribution in [2.24, 2.45) is 5.73 Å². The SMILES string of the molecule is CN1CC(=O)N(c2ccccc2C2(N)CCCCC2)CC1=O. The average Bonchev–Trinajstić information content (AvgIpc) is 2.52. The molecular formula is C17H23N3O2. The summed E-state index contributed by atoms with van der Waals surface area (Å²) in [7, 11) is 1.66. The van der Waals surface area contributed by atoms with Crippen molar-refractivity contribution < 1.29 is 9.59 Å². The molecule has 22 heavy (non-hydrogen) atoms. The number of hydrogen-bond donors (Lipinski definition) is 1. The Morgan fingerprint density at radius 1 is 1.00 bits per heavy atom. The fourth-order valence-electron chi connectivity index (χ4n) is 3.52. The molecule has 0 bridgehead atoms. The smallest absolute Gasteiger partial charge is 0.247 e. The lowest BCUT2D eigenvalue weighted by atomic mass is 9.76. The van der Waals surface area contributed by atoms with Crippen LogP contribution in [0.15, 0.2) is 24.3 Å². The molecule has 1 saturated heterocycles. The van der Waals surface area contributed by atoms with E-state index in [4.69, 9.17) is 5.73 Å². The van der Waals surface area contributed by atoms with Crippen molar-refractivity contribution >= 4 is 17.5 Å². The lowest BCUT2D eigenvalue weighted by Crippen LogP contribution is -2.53. The number of nitrogens with zero attached hydrogens (tertiary/aromatic N) is 2. The van der Waals surface area contributed by atoms with Crippen molar-refractivity contribution in [3.05, 3.63) is 29.8 Å². The fourth-order valence-corrected chi connectivity index (χ4v) is 3.52. The van der Waals surface area contributed by atoms with Crippen molar-refractivity contribution in [1.82, 2.24) is 4.90 Å². The molecule has 1 aromatic carbocycles. The topological polar surface area (TPSA) is 66.6 Å². The van der Waals surface area contributed by atoms with E-state index in [2.05, 4.69) is 0 Å². The van der Waals surface area contributed by atoms with Gasteiger partial charge in [-0.15, -0.1) is 0 Å². The monoisotopic (exact) mass is 301 g/mol. The summed E-state index contributed by atoms with van der Waals surface area (Å²) in [6, 6.07) is 7.79. The lowest BCUT2D eigenvalue weighted by molar-refractivity contribution is -0.136. The minimum absolute atomic E-state index is 0.0379. The van der Waals surface area contributed by atoms with E-state index in [0.29, 0.717) is 0 Å². The van der Waals surface area contributed by atoms with Crippen LogP contribution in [0, 0.1) is 0 Å². The molecule has 1 aliphatic carbocycles. The van der Waals surface area contributed by atoms with Gasteiger partial charge < -0.3 is 15.5 Å². The molecule has 5 heteroatoms. The molecule has 118 valence electrons. The van der Waals surface area contributed by atoms with Gasteiger partial charge in [-0.05, 0) is 24.5 Å². The maximum Gasteiger partial charge on any atom is 0.247 e. The maximum absolute atomic E-state index is 12.4. The minimum Gasteiger partial charge on any atom is -0.335 e. The van der Waals surface area contributed by atoms with Gasteiger partial charge in [-0.25, -0.2) is 0 Å². The van der Waals surface area contributed by atoms with Crippen LogP contribution >= 0.6 is 0 Å². The highest BCUT2D eigenvalue weighted by Gasteiger charge is 2.36. The molecule has 0 radical (unpaired) electrons. The molecule has 2 aliphatic rings. The predicted octanol–water partition coefficient (Wildman–Crippen LogP) is 1.61. The van der Waals surface area contributed by atoms with E-state index in [9.17, 15) is 9.59 Å². The molecule has 2 amide bonds. The van der Waals surface area contributed by atoms with Crippen LogP contribution in [0.3, 0.4) is 0 Å². The molecule has 0 atom stereocenters. The molecule has 1 saturated carbocycles. The predicted molar refractivity (Wildman–Crippen MR) is 85.4 cm³/mol. The number of amides is 2. The van der Waals surface area contributed by atoms with E-state index < -0.39 is 0 Å². The van der Waals surface area contributed by atoms with Crippen LogP contribution in [0.1, 0.15) is 37.7 Å². The number of piperazine rings is 1. The van der Waals surface area contributed by atoms with Crippen LogP contribution < -0.4 is 10.6 Å². The molecule has 0 unspecified atom stereocenters. The van der Waals surface area contributed by atoms with Gasteiger partial charge in [-0.2, -0.15) is 0 Å². The molecule has 1 aromatic rings. The molecule has 3 rings (SSSR count). The van der Waals surface area contributed by atoms with Crippen LogP contribution in [-0.2, 0) is 15.1 Å². The quantitative estimate of drug-likeness (QED) is 0.902. The number of carbonyl (C=O) groups excluding carboxylic acids is 2. The van der Waals surface area contributed by atoms with Crippen molar-refractivity contribution in [2.75, 3.05) is 25.0 Å². The molecule has 1 aliphatic heterocycles. The summed E-state index contributed by atoms with van der Waals surface area (Å²) in [6.07, 6.45) is 5.30. The second-order valence-electron chi connectivity index (χ2n) is 6.46. The third-order valence-corrected chi connectivity index (χ3v) is 4.87. The average molecular weight is 301 g/mol. The number of likely N-dealkylation sites (N-methyl/N-ethyl adjacent to an activating group) is 1. The fraction of sp³-hybridized carbons (Fsp3) is 0.529. The summed E-state index contributed by atoms with van der Waals surface area (Å²) in [5.41, 5.74) is 8.08. The van der Waals surface area contributed by atoms with Crippen LogP contribution in [0.4, 0.5) is 5.69 Å². The Balaban J connectivity index is 1.97. The second-order valence-corrected chi connectivity index (χ2v) is 6.46. The Hall–Kier alpha value is -1.88. The number of para-hydroxylation sites is 1. The Labute approximate surface area is 131 Å². The lowest BCUT2D eigenvalue weighted by Gasteiger charge is -2.39. The number of benzene rings is 1. The highest BCUT2D eigenvalue weighted by Crippen LogP contribution is 2.39. The van der Waals surface area contributed by atoms with E-state index in [1.165, 1.54) is 11.3 Å². The van der Waals surface area contributed by atoms with Crippen molar-refractivity contribution in [1.29, 1.82) is 0 Å². The van der Waals surface area contributed by atoms with E-state index in [0.717, 1.165) is 36.9 Å². The van der Waals surface area contributed by atoms with Gasteiger partial charge in [-0.3, -0.25) is 9.59 Å². The van der Waals surface area contributed by atoms with E-state index in [1.807, 2.05) is 24.3 Å². The third-order valence-electron chi connectivity index (χ3n) is 4.87. The zero-order valence-corrected chi connectivity index (χ0v) is 13.0. The Morgan fingerprint density at radius 3 is 2.41 bits per heavy atom. The van der Waals surface area contributed by atoms with Crippen LogP contribution in [0.5, 0.6) is 0 Å². The Morgan fingerprint density at radius 2 is 1.68 bits per heavy atom. The number of rotatable bonds is 2. The van der Waals surface area contributed by atoms with Gasteiger partial charge in [0.1, 0.15) is 6.54 Å². The highest BCUT2D eigenvalue weighted by molar-refractivity contribution is 6.05. The minimum atomic E-state index is -0.387. The first-order chi connectivity index (χ1) is 10.5. The number of hydrogen-bond acceptors (Lipinski definition) is 3. The normalized spacial score (nSPS) is 22.1. The zero-order chi connectivity index (χ0) is 15.7. The van der Waals surface area contributed by atoms with Gasteiger partial charge in [0.05, 0.1) is 6.54 Å². The zero-order valence-electron chi connectivity index (χ0n) is 13.0. The number of carbonyl (C=O) groups is 2. The molecule has 0 aromatic heterocycles. The Bertz CT molecular complexity index is 593. The summed E-state index contributed by atoms with van der Waals surface area (Å²) in [5, 5.41) is 0. The standard InChI is InChI=1S/C17H23N3O2/c1-19-11-16(22)20(12-15(19)21)14-8-4-3-7-13(14)17(18)9-5-2-6-10-17/h3-4,7-8H,2,5-6,9-12,18H2,1H3. The highest BCUT2D eigenvalue weighted by atomic mass is 16.2. The summed E-state index contributed by atoms with van der Waals surface area (Å²) in [6.45, 7) is 0.229. The maximum atomic E-state index is 12.4. The third kappa shape index (κ3) is 2.61. The van der Waals surface area contributed by atoms with Gasteiger partial charge in [0.15, 0.2) is 0 Å². The van der Waals surface area contributed by atoms with E-state index in [1.54, 1.807) is 11.9 Å². The largest absolute Gasteiger partial charge is 0.335 e. The van der Waals surface area contributed by atoms with Gasteiger partial charge >= 0.3 is 0 Å². The van der Waals surface area contributed by atoms with Crippen molar-refractivity contribution in [3.63, 3.8) is 0 Å². The number of nitrogens with two attached hydrogens (primary N) is 1. The van der Waals surface area contributed by atoms with Gasteiger partial charge in [0.25, 0.3) is 0 Å². The second kappa shape index (κ2) is 5.72. The van der Waals surface area contributed by atoms with Gasteiger partial charge in [-0.1, -0.05) is 37.5 Å². The molecular weight excluding hydrogens is 278 g/mol. The summed E-state index contributed by atoms with van der Waals surface area (Å²) >= 11 is 0. The van der Waals surface area contributed by atoms with Crippen LogP contribution in [0.25, 0.3) is 0 Å². The van der Waals surface area contributed by atoms with Crippen molar-refractivity contribution in [2.45, 2.75) is 37.6 Å². The first-order valence-corrected chi connectivity index (χ1v) is 7.94. The van der Waals surface area contributed by atoms with E-state index >= 15 is 0 Å². The molecule has 0 spiro atoms. The first kappa shape index (κ1) is 15.0. The van der Waals surface area contributed by atoms with Gasteiger partial charge in [0.2, 0.25) is 11.8 Å². The number of anilines is 1. The summed E-state index contributed by atoms with van der Waals surface area (Å²) < 4.78 is 0. The van der Waals surface area contributed by atoms with Gasteiger partial charge in [0, 0.05) is 18.3 Å². The summed E-state index contributed by atoms with van der Waals surface area (Å²) in [5.74, 6) is -0.0851. The Kier molecular flexibility index (Phi) is 3.91. The molecule has 2 fully saturated rings. The van der Waals surface area contributed by atoms with Crippen molar-refractivity contribution in [3.8, 4) is 0 Å². The van der Waals surface area contributed by atoms with Crippen LogP contribution in [-0.4, -0.2) is 36.9 Å². The summed E-state index contributed by atoms with van der Waals surface area (Å²) in [4.78, 5) is 27.4. The molecule has 5 nitrogen and oxygen atoms in total. The molecule has 1 heterocycles. The first-order valence-electron chi connectivity index (χ1n) is 7.94. The van der Waals surface area contributed by atoms with Crippen LogP contribution in [0.2, 0.25) is 0 Å². The molecule has 2 N–H and O–H groups in total. The van der Waals surface area contributed by atoms with E-state index in [-0.39, 0.29) is 30.4 Å².